The molecule has 2 aromatic carbocycles. The molecule has 1 aliphatic rings. The van der Waals surface area contributed by atoms with Gasteiger partial charge in [0.25, 0.3) is 0 Å². The molecular formula is C17H13F3O4. The molecular weight excluding hydrogens is 325 g/mol. The number of benzene rings is 2. The van der Waals surface area contributed by atoms with Crippen LogP contribution in [0.15, 0.2) is 36.4 Å². The van der Waals surface area contributed by atoms with Crippen LogP contribution in [-0.4, -0.2) is 16.9 Å². The van der Waals surface area contributed by atoms with Crippen LogP contribution in [0, 0.1) is 0 Å². The second-order valence-electron chi connectivity index (χ2n) is 5.83. The van der Waals surface area contributed by atoms with Crippen LogP contribution in [0.4, 0.5) is 13.2 Å². The summed E-state index contributed by atoms with van der Waals surface area (Å²) in [6.45, 7) is 3.10. The third-order valence-electron chi connectivity index (χ3n) is 3.54. The zero-order valence-electron chi connectivity index (χ0n) is 12.8. The van der Waals surface area contributed by atoms with Gasteiger partial charge in [-0.1, -0.05) is 12.1 Å². The number of phenols is 1. The Labute approximate surface area is 135 Å². The second-order valence-corrected chi connectivity index (χ2v) is 5.83. The number of hydrogen-bond donors (Lipinski definition) is 1. The first-order valence-corrected chi connectivity index (χ1v) is 7.04. The van der Waals surface area contributed by atoms with Crippen LogP contribution < -0.4 is 4.74 Å². The van der Waals surface area contributed by atoms with Gasteiger partial charge in [-0.3, -0.25) is 0 Å². The van der Waals surface area contributed by atoms with E-state index in [9.17, 15) is 23.1 Å². The minimum Gasteiger partial charge on any atom is -0.507 e. The molecule has 3 rings (SSSR count). The summed E-state index contributed by atoms with van der Waals surface area (Å²) in [5, 5.41) is 10.2. The molecule has 7 heteroatoms. The monoisotopic (exact) mass is 338 g/mol. The summed E-state index contributed by atoms with van der Waals surface area (Å²) in [4.78, 5) is 12.0. The Kier molecular flexibility index (Phi) is 3.47. The van der Waals surface area contributed by atoms with Gasteiger partial charge in [-0.05, 0) is 23.8 Å². The molecule has 0 radical (unpaired) electrons. The zero-order valence-corrected chi connectivity index (χ0v) is 12.8. The normalized spacial score (nSPS) is 16.1. The Hall–Kier alpha value is -2.70. The molecule has 126 valence electrons. The molecule has 24 heavy (non-hydrogen) atoms. The SMILES string of the molecule is CC1(C)OC(=O)c2cc(-c3ccc(C(F)(F)F)cc3)c(O)cc2O1. The summed E-state index contributed by atoms with van der Waals surface area (Å²) in [6.07, 6.45) is -4.44. The number of rotatable bonds is 1. The maximum atomic E-state index is 12.6. The van der Waals surface area contributed by atoms with Crippen molar-refractivity contribution in [1.29, 1.82) is 0 Å². The first-order valence-electron chi connectivity index (χ1n) is 7.04. The van der Waals surface area contributed by atoms with Crippen LogP contribution in [0.3, 0.4) is 0 Å². The van der Waals surface area contributed by atoms with E-state index >= 15 is 0 Å². The van der Waals surface area contributed by atoms with Gasteiger partial charge in [-0.2, -0.15) is 13.2 Å². The second kappa shape index (κ2) is 5.15. The highest BCUT2D eigenvalue weighted by molar-refractivity contribution is 5.96. The number of alkyl halides is 3. The van der Waals surface area contributed by atoms with E-state index in [-0.39, 0.29) is 22.6 Å². The zero-order chi connectivity index (χ0) is 17.7. The quantitative estimate of drug-likeness (QED) is 0.785. The van der Waals surface area contributed by atoms with Gasteiger partial charge in [0.15, 0.2) is 0 Å². The Bertz CT molecular complexity index is 808. The summed E-state index contributed by atoms with van der Waals surface area (Å²) < 4.78 is 48.4. The van der Waals surface area contributed by atoms with Crippen molar-refractivity contribution in [3.63, 3.8) is 0 Å². The van der Waals surface area contributed by atoms with Gasteiger partial charge in [0, 0.05) is 25.5 Å². The maximum absolute atomic E-state index is 12.6. The lowest BCUT2D eigenvalue weighted by atomic mass is 9.99. The lowest BCUT2D eigenvalue weighted by Gasteiger charge is -2.32. The van der Waals surface area contributed by atoms with Gasteiger partial charge in [-0.25, -0.2) is 4.79 Å². The molecule has 0 fully saturated rings. The minimum atomic E-state index is -4.44. The number of ether oxygens (including phenoxy) is 2. The highest BCUT2D eigenvalue weighted by Crippen LogP contribution is 2.40. The topological polar surface area (TPSA) is 55.8 Å². The molecule has 1 heterocycles. The first kappa shape index (κ1) is 16.2. The number of carbonyl (C=O) groups is 1. The summed E-state index contributed by atoms with van der Waals surface area (Å²) in [7, 11) is 0. The van der Waals surface area contributed by atoms with Gasteiger partial charge in [0.2, 0.25) is 5.79 Å². The van der Waals surface area contributed by atoms with Crippen molar-refractivity contribution in [3.8, 4) is 22.6 Å². The average Bonchev–Trinajstić information content (AvgIpc) is 2.44. The number of halogens is 3. The van der Waals surface area contributed by atoms with E-state index in [1.807, 2.05) is 0 Å². The summed E-state index contributed by atoms with van der Waals surface area (Å²) in [5.74, 6) is -1.84. The summed E-state index contributed by atoms with van der Waals surface area (Å²) in [6, 6.07) is 6.86. The molecule has 1 N–H and O–H groups in total. The predicted molar refractivity (Wildman–Crippen MR) is 78.7 cm³/mol. The number of fused-ring (bicyclic) bond motifs is 1. The van der Waals surface area contributed by atoms with E-state index in [0.29, 0.717) is 5.56 Å². The molecule has 0 bridgehead atoms. The molecule has 0 atom stereocenters. The molecule has 1 aliphatic heterocycles. The Morgan fingerprint density at radius 2 is 1.62 bits per heavy atom. The lowest BCUT2D eigenvalue weighted by Crippen LogP contribution is -2.38. The molecule has 0 unspecified atom stereocenters. The average molecular weight is 338 g/mol. The van der Waals surface area contributed by atoms with Crippen LogP contribution in [0.2, 0.25) is 0 Å². The van der Waals surface area contributed by atoms with Crippen molar-refractivity contribution in [3.05, 3.63) is 47.5 Å². The van der Waals surface area contributed by atoms with E-state index < -0.39 is 23.5 Å². The van der Waals surface area contributed by atoms with Gasteiger partial charge in [0.05, 0.1) is 5.56 Å². The van der Waals surface area contributed by atoms with Gasteiger partial charge in [0.1, 0.15) is 17.1 Å². The largest absolute Gasteiger partial charge is 0.507 e. The predicted octanol–water partition coefficient (Wildman–Crippen LogP) is 4.36. The minimum absolute atomic E-state index is 0.0991. The summed E-state index contributed by atoms with van der Waals surface area (Å²) in [5.41, 5.74) is -0.154. The van der Waals surface area contributed by atoms with Crippen LogP contribution in [0.1, 0.15) is 29.8 Å². The number of aromatic hydroxyl groups is 1. The van der Waals surface area contributed by atoms with E-state index in [2.05, 4.69) is 0 Å². The van der Waals surface area contributed by atoms with Gasteiger partial charge in [-0.15, -0.1) is 0 Å². The molecule has 0 aliphatic carbocycles. The number of hydrogen-bond acceptors (Lipinski definition) is 4. The van der Waals surface area contributed by atoms with E-state index in [4.69, 9.17) is 9.47 Å². The fourth-order valence-electron chi connectivity index (χ4n) is 2.45. The van der Waals surface area contributed by atoms with Crippen LogP contribution in [0.25, 0.3) is 11.1 Å². The third-order valence-corrected chi connectivity index (χ3v) is 3.54. The molecule has 0 spiro atoms. The highest BCUT2D eigenvalue weighted by Gasteiger charge is 2.35. The smallest absolute Gasteiger partial charge is 0.416 e. The third kappa shape index (κ3) is 2.89. The van der Waals surface area contributed by atoms with Crippen LogP contribution >= 0.6 is 0 Å². The molecule has 2 aromatic rings. The van der Waals surface area contributed by atoms with Crippen LogP contribution in [0.5, 0.6) is 11.5 Å². The van der Waals surface area contributed by atoms with Crippen molar-refractivity contribution < 1.29 is 32.5 Å². The van der Waals surface area contributed by atoms with Crippen molar-refractivity contribution >= 4 is 5.97 Å². The highest BCUT2D eigenvalue weighted by atomic mass is 19.4. The summed E-state index contributed by atoms with van der Waals surface area (Å²) >= 11 is 0. The van der Waals surface area contributed by atoms with Gasteiger partial charge < -0.3 is 14.6 Å². The number of cyclic esters (lactones) is 1. The van der Waals surface area contributed by atoms with Crippen molar-refractivity contribution in [2.45, 2.75) is 25.8 Å². The van der Waals surface area contributed by atoms with E-state index in [1.54, 1.807) is 13.8 Å². The lowest BCUT2D eigenvalue weighted by molar-refractivity contribution is -0.137. The van der Waals surface area contributed by atoms with Crippen LogP contribution in [-0.2, 0) is 10.9 Å². The molecule has 0 amide bonds. The molecule has 0 saturated heterocycles. The number of carbonyl (C=O) groups excluding carboxylic acids is 1. The molecule has 0 saturated carbocycles. The fraction of sp³-hybridized carbons (Fsp3) is 0.235. The molecule has 0 aromatic heterocycles. The fourth-order valence-corrected chi connectivity index (χ4v) is 2.45. The Balaban J connectivity index is 2.04. The Morgan fingerprint density at radius 1 is 1.00 bits per heavy atom. The maximum Gasteiger partial charge on any atom is 0.416 e. The number of esters is 1. The van der Waals surface area contributed by atoms with Crippen molar-refractivity contribution in [2.24, 2.45) is 0 Å². The number of phenolic OH excluding ortho intramolecular Hbond substituents is 1. The van der Waals surface area contributed by atoms with Gasteiger partial charge >= 0.3 is 12.1 Å². The van der Waals surface area contributed by atoms with Crippen molar-refractivity contribution in [1.82, 2.24) is 0 Å². The molecule has 4 nitrogen and oxygen atoms in total. The van der Waals surface area contributed by atoms with Crippen molar-refractivity contribution in [2.75, 3.05) is 0 Å². The first-order chi connectivity index (χ1) is 11.1. The standard InChI is InChI=1S/C17H13F3O4/c1-16(2)23-14-8-13(21)11(7-12(14)15(22)24-16)9-3-5-10(6-4-9)17(18,19)20/h3-8,21H,1-2H3. The van der Waals surface area contributed by atoms with E-state index in [0.717, 1.165) is 12.1 Å². The Morgan fingerprint density at radius 3 is 2.21 bits per heavy atom. The van der Waals surface area contributed by atoms with E-state index in [1.165, 1.54) is 24.3 Å².